The van der Waals surface area contributed by atoms with Crippen molar-refractivity contribution in [3.05, 3.63) is 51.6 Å². The van der Waals surface area contributed by atoms with E-state index in [1.165, 1.54) is 11.8 Å². The van der Waals surface area contributed by atoms with Crippen LogP contribution in [0.3, 0.4) is 0 Å². The van der Waals surface area contributed by atoms with Crippen molar-refractivity contribution in [2.45, 2.75) is 11.4 Å². The highest BCUT2D eigenvalue weighted by Gasteiger charge is 2.27. The molecule has 0 saturated heterocycles. The van der Waals surface area contributed by atoms with Gasteiger partial charge in [0, 0.05) is 14.8 Å². The molecule has 1 aliphatic heterocycles. The third kappa shape index (κ3) is 3.11. The van der Waals surface area contributed by atoms with E-state index in [9.17, 15) is 5.11 Å². The quantitative estimate of drug-likeness (QED) is 0.437. The number of phenols is 1. The average molecular weight is 464 g/mol. The first-order valence-electron chi connectivity index (χ1n) is 7.45. The molecule has 0 spiro atoms. The van der Waals surface area contributed by atoms with E-state index in [-0.39, 0.29) is 5.75 Å². The molecular formula is C17H13IN4O2S. The predicted octanol–water partition coefficient (Wildman–Crippen LogP) is 4.07. The van der Waals surface area contributed by atoms with Crippen molar-refractivity contribution in [1.29, 1.82) is 0 Å². The lowest BCUT2D eigenvalue weighted by Crippen LogP contribution is -2.17. The summed E-state index contributed by atoms with van der Waals surface area (Å²) >= 11 is 3.60. The molecule has 1 unspecified atom stereocenters. The Bertz CT molecular complexity index is 954. The fraction of sp³-hybridized carbons (Fsp3) is 0.118. The van der Waals surface area contributed by atoms with Crippen LogP contribution in [0.15, 0.2) is 47.6 Å². The number of ether oxygens (including phenoxy) is 1. The van der Waals surface area contributed by atoms with Crippen LogP contribution in [0.25, 0.3) is 11.3 Å². The van der Waals surface area contributed by atoms with Gasteiger partial charge in [0.05, 0.1) is 5.56 Å². The normalized spacial score (nSPS) is 15.4. The SMILES string of the molecule is CSc1nnc2c(n1)OC(c1cc(I)ccc1O)Nc1ccccc1-2. The van der Waals surface area contributed by atoms with Crippen LogP contribution < -0.4 is 10.1 Å². The third-order valence-corrected chi connectivity index (χ3v) is 5.00. The fourth-order valence-corrected chi connectivity index (χ4v) is 3.42. The van der Waals surface area contributed by atoms with Crippen LogP contribution in [0, 0.1) is 3.57 Å². The number of nitrogens with zero attached hydrogens (tertiary/aromatic N) is 3. The number of thioether (sulfide) groups is 1. The molecule has 0 saturated carbocycles. The van der Waals surface area contributed by atoms with Crippen LogP contribution >= 0.6 is 34.4 Å². The zero-order chi connectivity index (χ0) is 17.4. The van der Waals surface area contributed by atoms with E-state index in [2.05, 4.69) is 43.1 Å². The lowest BCUT2D eigenvalue weighted by Gasteiger charge is -2.20. The van der Waals surface area contributed by atoms with Gasteiger partial charge in [-0.1, -0.05) is 30.0 Å². The van der Waals surface area contributed by atoms with E-state index in [1.807, 2.05) is 42.7 Å². The molecular weight excluding hydrogens is 451 g/mol. The summed E-state index contributed by atoms with van der Waals surface area (Å²) in [6.45, 7) is 0. The van der Waals surface area contributed by atoms with Gasteiger partial charge in [0.15, 0.2) is 5.69 Å². The second-order valence-corrected chi connectivity index (χ2v) is 7.36. The lowest BCUT2D eigenvalue weighted by molar-refractivity contribution is 0.220. The fourth-order valence-electron chi connectivity index (χ4n) is 2.61. The van der Waals surface area contributed by atoms with Gasteiger partial charge in [-0.25, -0.2) is 0 Å². The number of phenolic OH excluding ortho intramolecular Hbond substituents is 1. The van der Waals surface area contributed by atoms with Gasteiger partial charge in [0.2, 0.25) is 17.3 Å². The summed E-state index contributed by atoms with van der Waals surface area (Å²) in [6, 6.07) is 13.1. The zero-order valence-electron chi connectivity index (χ0n) is 13.1. The second kappa shape index (κ2) is 6.68. The van der Waals surface area contributed by atoms with Gasteiger partial charge in [-0.2, -0.15) is 4.98 Å². The van der Waals surface area contributed by atoms with Crippen LogP contribution in [0.5, 0.6) is 11.6 Å². The summed E-state index contributed by atoms with van der Waals surface area (Å²) in [5.74, 6) is 0.547. The number of anilines is 1. The molecule has 1 atom stereocenters. The maximum atomic E-state index is 10.3. The number of para-hydroxylation sites is 1. The number of benzene rings is 2. The van der Waals surface area contributed by atoms with Crippen LogP contribution in [0.2, 0.25) is 0 Å². The van der Waals surface area contributed by atoms with Crippen LogP contribution in [0.1, 0.15) is 11.8 Å². The first-order chi connectivity index (χ1) is 12.2. The molecule has 1 aliphatic rings. The van der Waals surface area contributed by atoms with Crippen molar-refractivity contribution in [2.24, 2.45) is 0 Å². The van der Waals surface area contributed by atoms with Gasteiger partial charge >= 0.3 is 0 Å². The molecule has 6 nitrogen and oxygen atoms in total. The Balaban J connectivity index is 1.89. The van der Waals surface area contributed by atoms with Crippen LogP contribution in [-0.2, 0) is 0 Å². The Hall–Kier alpha value is -2.07. The second-order valence-electron chi connectivity index (χ2n) is 5.34. The van der Waals surface area contributed by atoms with E-state index in [0.717, 1.165) is 14.8 Å². The summed E-state index contributed by atoms with van der Waals surface area (Å²) in [5.41, 5.74) is 2.92. The maximum absolute atomic E-state index is 10.3. The van der Waals surface area contributed by atoms with Crippen molar-refractivity contribution in [3.63, 3.8) is 0 Å². The smallest absolute Gasteiger partial charge is 0.247 e. The van der Waals surface area contributed by atoms with Crippen molar-refractivity contribution < 1.29 is 9.84 Å². The van der Waals surface area contributed by atoms with E-state index >= 15 is 0 Å². The van der Waals surface area contributed by atoms with E-state index in [1.54, 1.807) is 6.07 Å². The minimum absolute atomic E-state index is 0.158. The average Bonchev–Trinajstić information content (AvgIpc) is 2.79. The summed E-state index contributed by atoms with van der Waals surface area (Å²) in [6.07, 6.45) is 1.29. The molecule has 0 bridgehead atoms. The molecule has 1 aromatic heterocycles. The molecule has 0 amide bonds. The number of nitrogens with one attached hydrogen (secondary N) is 1. The number of halogens is 1. The summed E-state index contributed by atoms with van der Waals surface area (Å²) in [7, 11) is 0. The third-order valence-electron chi connectivity index (χ3n) is 3.79. The number of aromatic nitrogens is 3. The number of hydrogen-bond acceptors (Lipinski definition) is 7. The minimum Gasteiger partial charge on any atom is -0.507 e. The number of hydrogen-bond donors (Lipinski definition) is 2. The number of aromatic hydroxyl groups is 1. The predicted molar refractivity (Wildman–Crippen MR) is 105 cm³/mol. The van der Waals surface area contributed by atoms with Crippen LogP contribution in [-0.4, -0.2) is 26.5 Å². The number of rotatable bonds is 2. The Morgan fingerprint density at radius 2 is 2.04 bits per heavy atom. The monoisotopic (exact) mass is 464 g/mol. The molecule has 0 fully saturated rings. The standard InChI is InChI=1S/C17H13IN4O2S/c1-25-17-20-16-14(21-22-17)10-4-2-3-5-12(10)19-15(24-16)11-8-9(18)6-7-13(11)23/h2-8,15,19,23H,1H3. The highest BCUT2D eigenvalue weighted by Crippen LogP contribution is 2.40. The molecule has 2 heterocycles. The molecule has 0 radical (unpaired) electrons. The molecule has 4 rings (SSSR count). The first-order valence-corrected chi connectivity index (χ1v) is 9.76. The van der Waals surface area contributed by atoms with E-state index in [4.69, 9.17) is 4.74 Å². The lowest BCUT2D eigenvalue weighted by atomic mass is 10.1. The zero-order valence-corrected chi connectivity index (χ0v) is 16.1. The largest absolute Gasteiger partial charge is 0.507 e. The molecule has 8 heteroatoms. The minimum atomic E-state index is -0.594. The first kappa shape index (κ1) is 16.4. The Kier molecular flexibility index (Phi) is 4.38. The molecule has 25 heavy (non-hydrogen) atoms. The van der Waals surface area contributed by atoms with Gasteiger partial charge in [-0.3, -0.25) is 0 Å². The highest BCUT2D eigenvalue weighted by atomic mass is 127. The molecule has 0 aliphatic carbocycles. The van der Waals surface area contributed by atoms with Crippen molar-refractivity contribution >= 4 is 40.0 Å². The van der Waals surface area contributed by atoms with Crippen molar-refractivity contribution in [3.8, 4) is 22.9 Å². The van der Waals surface area contributed by atoms with Gasteiger partial charge in [-0.15, -0.1) is 10.2 Å². The van der Waals surface area contributed by atoms with E-state index in [0.29, 0.717) is 22.3 Å². The van der Waals surface area contributed by atoms with Gasteiger partial charge in [0.25, 0.3) is 0 Å². The van der Waals surface area contributed by atoms with Gasteiger partial charge in [-0.05, 0) is 53.1 Å². The van der Waals surface area contributed by atoms with E-state index < -0.39 is 6.23 Å². The Labute approximate surface area is 162 Å². The maximum Gasteiger partial charge on any atom is 0.247 e. The van der Waals surface area contributed by atoms with Crippen molar-refractivity contribution in [1.82, 2.24) is 15.2 Å². The van der Waals surface area contributed by atoms with Crippen molar-refractivity contribution in [2.75, 3.05) is 11.6 Å². The topological polar surface area (TPSA) is 80.2 Å². The summed E-state index contributed by atoms with van der Waals surface area (Å²) in [4.78, 5) is 4.46. The van der Waals surface area contributed by atoms with Gasteiger partial charge < -0.3 is 15.2 Å². The molecule has 126 valence electrons. The number of fused-ring (bicyclic) bond motifs is 3. The van der Waals surface area contributed by atoms with Crippen LogP contribution in [0.4, 0.5) is 5.69 Å². The Morgan fingerprint density at radius 3 is 2.88 bits per heavy atom. The summed E-state index contributed by atoms with van der Waals surface area (Å²) in [5, 5.41) is 22.6. The highest BCUT2D eigenvalue weighted by molar-refractivity contribution is 14.1. The Morgan fingerprint density at radius 1 is 1.20 bits per heavy atom. The molecule has 2 N–H and O–H groups in total. The molecule has 3 aromatic rings. The molecule has 2 aromatic carbocycles. The van der Waals surface area contributed by atoms with Gasteiger partial charge in [0.1, 0.15) is 5.75 Å². The summed E-state index contributed by atoms with van der Waals surface area (Å²) < 4.78 is 7.10.